The lowest BCUT2D eigenvalue weighted by Gasteiger charge is -2.08. The monoisotopic (exact) mass is 350 g/mol. The van der Waals surface area contributed by atoms with Gasteiger partial charge in [-0.25, -0.2) is 0 Å². The van der Waals surface area contributed by atoms with E-state index in [4.69, 9.17) is 4.74 Å². The van der Waals surface area contributed by atoms with Crippen LogP contribution >= 0.6 is 15.9 Å². The Labute approximate surface area is 133 Å². The van der Waals surface area contributed by atoms with Crippen LogP contribution in [0.1, 0.15) is 30.3 Å². The number of carbonyl (C=O) groups excluding carboxylic acids is 1. The summed E-state index contributed by atoms with van der Waals surface area (Å²) in [6, 6.07) is 7.88. The number of aryl methyl sites for hydroxylation is 3. The number of ether oxygens (including phenoxy) is 1. The molecule has 0 aliphatic rings. The first-order valence-electron chi connectivity index (χ1n) is 6.86. The van der Waals surface area contributed by atoms with Crippen molar-refractivity contribution in [2.75, 3.05) is 0 Å². The average molecular weight is 351 g/mol. The minimum atomic E-state index is 0.215. The van der Waals surface area contributed by atoms with Crippen LogP contribution in [0.4, 0.5) is 0 Å². The minimum Gasteiger partial charge on any atom is -0.487 e. The molecule has 2 rings (SSSR count). The second kappa shape index (κ2) is 6.89. The van der Waals surface area contributed by atoms with Crippen LogP contribution in [0.15, 0.2) is 28.7 Å². The molecule has 0 aliphatic heterocycles. The largest absolute Gasteiger partial charge is 0.487 e. The van der Waals surface area contributed by atoms with E-state index in [1.54, 1.807) is 6.92 Å². The Hall–Kier alpha value is -1.62. The van der Waals surface area contributed by atoms with Gasteiger partial charge in [0.25, 0.3) is 0 Å². The molecular formula is C16H19BrN2O2. The van der Waals surface area contributed by atoms with E-state index in [0.717, 1.165) is 33.6 Å². The number of hydrogen-bond donors (Lipinski definition) is 0. The molecule has 0 spiro atoms. The summed E-state index contributed by atoms with van der Waals surface area (Å²) in [5.74, 6) is 1.03. The van der Waals surface area contributed by atoms with Gasteiger partial charge in [0, 0.05) is 13.5 Å². The first-order chi connectivity index (χ1) is 9.97. The fraction of sp³-hybridized carbons (Fsp3) is 0.375. The highest BCUT2D eigenvalue weighted by atomic mass is 79.9. The molecule has 21 heavy (non-hydrogen) atoms. The Morgan fingerprint density at radius 1 is 1.33 bits per heavy atom. The summed E-state index contributed by atoms with van der Waals surface area (Å²) in [6.07, 6.45) is 1.36. The highest BCUT2D eigenvalue weighted by Crippen LogP contribution is 2.22. The fourth-order valence-corrected chi connectivity index (χ4v) is 2.51. The van der Waals surface area contributed by atoms with Crippen LogP contribution in [-0.2, 0) is 24.9 Å². The number of Topliss-reactive ketones (excluding diaryl/α,β-unsaturated/α-hetero) is 1. The van der Waals surface area contributed by atoms with Gasteiger partial charge in [-0.2, -0.15) is 5.10 Å². The molecule has 5 heteroatoms. The summed E-state index contributed by atoms with van der Waals surface area (Å²) in [7, 11) is 1.90. The minimum absolute atomic E-state index is 0.215. The molecule has 4 nitrogen and oxygen atoms in total. The number of hydrogen-bond acceptors (Lipinski definition) is 3. The van der Waals surface area contributed by atoms with Crippen molar-refractivity contribution in [1.29, 1.82) is 0 Å². The fourth-order valence-electron chi connectivity index (χ4n) is 2.06. The van der Waals surface area contributed by atoms with Crippen LogP contribution < -0.4 is 4.74 Å². The van der Waals surface area contributed by atoms with Crippen molar-refractivity contribution in [2.24, 2.45) is 7.05 Å². The maximum absolute atomic E-state index is 11.0. The molecule has 0 atom stereocenters. The molecule has 112 valence electrons. The number of nitrogens with zero attached hydrogens (tertiary/aromatic N) is 2. The number of carbonyl (C=O) groups is 1. The van der Waals surface area contributed by atoms with E-state index in [2.05, 4.69) is 21.0 Å². The Bertz CT molecular complexity index is 632. The summed E-state index contributed by atoms with van der Waals surface area (Å²) in [5, 5.41) is 4.34. The molecule has 1 aromatic carbocycles. The smallest absolute Gasteiger partial charge is 0.131 e. The van der Waals surface area contributed by atoms with Crippen molar-refractivity contribution in [3.63, 3.8) is 0 Å². The van der Waals surface area contributed by atoms with E-state index in [1.807, 2.05) is 42.9 Å². The third kappa shape index (κ3) is 4.17. The van der Waals surface area contributed by atoms with Gasteiger partial charge >= 0.3 is 0 Å². The second-order valence-electron chi connectivity index (χ2n) is 5.10. The summed E-state index contributed by atoms with van der Waals surface area (Å²) in [5.41, 5.74) is 3.11. The van der Waals surface area contributed by atoms with Crippen molar-refractivity contribution in [2.45, 2.75) is 33.3 Å². The summed E-state index contributed by atoms with van der Waals surface area (Å²) in [4.78, 5) is 11.0. The van der Waals surface area contributed by atoms with Gasteiger partial charge in [0.15, 0.2) is 0 Å². The van der Waals surface area contributed by atoms with Crippen LogP contribution in [-0.4, -0.2) is 15.6 Å². The van der Waals surface area contributed by atoms with Gasteiger partial charge in [0.05, 0.1) is 15.9 Å². The topological polar surface area (TPSA) is 44.1 Å². The van der Waals surface area contributed by atoms with Crippen LogP contribution in [0.3, 0.4) is 0 Å². The first kappa shape index (κ1) is 15.8. The first-order valence-corrected chi connectivity index (χ1v) is 7.66. The van der Waals surface area contributed by atoms with E-state index in [-0.39, 0.29) is 5.78 Å². The van der Waals surface area contributed by atoms with Crippen molar-refractivity contribution in [3.8, 4) is 5.75 Å². The van der Waals surface area contributed by atoms with Crippen molar-refractivity contribution in [1.82, 2.24) is 9.78 Å². The normalized spacial score (nSPS) is 10.7. The predicted molar refractivity (Wildman–Crippen MR) is 85.4 cm³/mol. The number of rotatable bonds is 6. The molecule has 0 aliphatic carbocycles. The van der Waals surface area contributed by atoms with E-state index >= 15 is 0 Å². The lowest BCUT2D eigenvalue weighted by atomic mass is 10.1. The molecule has 0 N–H and O–H groups in total. The Morgan fingerprint density at radius 3 is 2.52 bits per heavy atom. The third-order valence-electron chi connectivity index (χ3n) is 3.33. The molecule has 0 unspecified atom stereocenters. The van der Waals surface area contributed by atoms with Crippen molar-refractivity contribution < 1.29 is 9.53 Å². The zero-order chi connectivity index (χ0) is 15.4. The number of aromatic nitrogens is 2. The maximum Gasteiger partial charge on any atom is 0.131 e. The maximum atomic E-state index is 11.0. The molecule has 0 saturated heterocycles. The number of halogens is 1. The standard InChI is InChI=1S/C16H19BrN2O2/c1-11(20)4-5-13-6-8-14(9-7-13)21-10-15-16(17)12(2)18-19(15)3/h6-9H,4-5,10H2,1-3H3. The molecule has 0 amide bonds. The number of ketones is 1. The number of benzene rings is 1. The molecule has 2 aromatic rings. The average Bonchev–Trinajstić information content (AvgIpc) is 2.69. The van der Waals surface area contributed by atoms with Gasteiger partial charge < -0.3 is 9.53 Å². The van der Waals surface area contributed by atoms with E-state index < -0.39 is 0 Å². The molecule has 0 radical (unpaired) electrons. The summed E-state index contributed by atoms with van der Waals surface area (Å²) in [6.45, 7) is 4.04. The molecular weight excluding hydrogens is 332 g/mol. The van der Waals surface area contributed by atoms with Crippen LogP contribution in [0, 0.1) is 6.92 Å². The zero-order valence-electron chi connectivity index (χ0n) is 12.5. The van der Waals surface area contributed by atoms with Crippen molar-refractivity contribution in [3.05, 3.63) is 45.7 Å². The summed E-state index contributed by atoms with van der Waals surface area (Å²) < 4.78 is 8.60. The van der Waals surface area contributed by atoms with Crippen LogP contribution in [0.25, 0.3) is 0 Å². The SMILES string of the molecule is CC(=O)CCc1ccc(OCc2c(Br)c(C)nn2C)cc1. The quantitative estimate of drug-likeness (QED) is 0.799. The van der Waals surface area contributed by atoms with Gasteiger partial charge in [-0.05, 0) is 53.9 Å². The lowest BCUT2D eigenvalue weighted by Crippen LogP contribution is -2.03. The van der Waals surface area contributed by atoms with E-state index in [9.17, 15) is 4.79 Å². The Balaban J connectivity index is 1.96. The van der Waals surface area contributed by atoms with Gasteiger partial charge in [-0.1, -0.05) is 12.1 Å². The van der Waals surface area contributed by atoms with E-state index in [1.165, 1.54) is 0 Å². The summed E-state index contributed by atoms with van der Waals surface area (Å²) >= 11 is 3.52. The second-order valence-corrected chi connectivity index (χ2v) is 5.90. The van der Waals surface area contributed by atoms with Crippen LogP contribution in [0.5, 0.6) is 5.75 Å². The van der Waals surface area contributed by atoms with Gasteiger partial charge in [-0.3, -0.25) is 4.68 Å². The van der Waals surface area contributed by atoms with Gasteiger partial charge in [0.1, 0.15) is 18.1 Å². The molecule has 0 fully saturated rings. The van der Waals surface area contributed by atoms with Gasteiger partial charge in [-0.15, -0.1) is 0 Å². The highest BCUT2D eigenvalue weighted by molar-refractivity contribution is 9.10. The van der Waals surface area contributed by atoms with Gasteiger partial charge in [0.2, 0.25) is 0 Å². The zero-order valence-corrected chi connectivity index (χ0v) is 14.1. The Kier molecular flexibility index (Phi) is 5.17. The Morgan fingerprint density at radius 2 is 2.00 bits per heavy atom. The lowest BCUT2D eigenvalue weighted by molar-refractivity contribution is -0.116. The predicted octanol–water partition coefficient (Wildman–Crippen LogP) is 3.59. The third-order valence-corrected chi connectivity index (χ3v) is 4.36. The molecule has 0 saturated carbocycles. The molecule has 1 heterocycles. The van der Waals surface area contributed by atoms with Crippen molar-refractivity contribution >= 4 is 21.7 Å². The molecule has 0 bridgehead atoms. The molecule has 1 aromatic heterocycles. The van der Waals surface area contributed by atoms with E-state index in [0.29, 0.717) is 13.0 Å². The highest BCUT2D eigenvalue weighted by Gasteiger charge is 2.11. The van der Waals surface area contributed by atoms with Crippen LogP contribution in [0.2, 0.25) is 0 Å².